The minimum atomic E-state index is 0.0354. The van der Waals surface area contributed by atoms with Crippen LogP contribution in [-0.2, 0) is 4.79 Å². The van der Waals surface area contributed by atoms with Crippen LogP contribution in [0.2, 0.25) is 0 Å². The van der Waals surface area contributed by atoms with E-state index >= 15 is 0 Å². The highest BCUT2D eigenvalue weighted by Crippen LogP contribution is 2.11. The van der Waals surface area contributed by atoms with Crippen LogP contribution in [0.1, 0.15) is 20.3 Å². The van der Waals surface area contributed by atoms with Crippen molar-refractivity contribution in [3.63, 3.8) is 0 Å². The van der Waals surface area contributed by atoms with Crippen LogP contribution in [0.5, 0.6) is 0 Å². The zero-order valence-corrected chi connectivity index (χ0v) is 8.84. The molecule has 0 aliphatic heterocycles. The van der Waals surface area contributed by atoms with Gasteiger partial charge in [-0.3, -0.25) is 0 Å². The van der Waals surface area contributed by atoms with Crippen molar-refractivity contribution in [2.75, 3.05) is 0 Å². The summed E-state index contributed by atoms with van der Waals surface area (Å²) in [6.07, 6.45) is 7.09. The predicted octanol–water partition coefficient (Wildman–Crippen LogP) is 3.47. The first-order chi connectivity index (χ1) is 6.10. The van der Waals surface area contributed by atoms with E-state index in [9.17, 15) is 4.79 Å². The Balaban J connectivity index is 4.33. The molecule has 0 heterocycles. The summed E-state index contributed by atoms with van der Waals surface area (Å²) in [5.74, 6) is 0.0354. The van der Waals surface area contributed by atoms with Gasteiger partial charge in [-0.2, -0.15) is 0 Å². The van der Waals surface area contributed by atoms with Crippen LogP contribution in [0.4, 0.5) is 0 Å². The molecule has 13 heavy (non-hydrogen) atoms. The molecule has 1 unspecified atom stereocenters. The van der Waals surface area contributed by atoms with Gasteiger partial charge in [0.1, 0.15) is 6.29 Å². The summed E-state index contributed by atoms with van der Waals surface area (Å²) >= 11 is 5.66. The molecule has 0 aromatic rings. The van der Waals surface area contributed by atoms with Crippen molar-refractivity contribution in [3.05, 3.63) is 35.4 Å². The number of aldehydes is 1. The van der Waals surface area contributed by atoms with E-state index in [4.69, 9.17) is 11.6 Å². The Bertz CT molecular complexity index is 234. The van der Waals surface area contributed by atoms with E-state index in [-0.39, 0.29) is 5.92 Å². The highest BCUT2D eigenvalue weighted by atomic mass is 35.5. The smallest absolute Gasteiger partial charge is 0.123 e. The Morgan fingerprint density at radius 2 is 2.15 bits per heavy atom. The summed E-state index contributed by atoms with van der Waals surface area (Å²) in [7, 11) is 0. The Kier molecular flexibility index (Phi) is 6.25. The van der Waals surface area contributed by atoms with Gasteiger partial charge in [-0.15, -0.1) is 0 Å². The summed E-state index contributed by atoms with van der Waals surface area (Å²) in [6, 6.07) is 0. The van der Waals surface area contributed by atoms with Crippen LogP contribution < -0.4 is 0 Å². The Morgan fingerprint density at radius 1 is 1.54 bits per heavy atom. The van der Waals surface area contributed by atoms with Crippen LogP contribution in [0.3, 0.4) is 0 Å². The highest BCUT2D eigenvalue weighted by molar-refractivity contribution is 6.29. The van der Waals surface area contributed by atoms with E-state index in [1.54, 1.807) is 12.2 Å². The number of hydrogen-bond acceptors (Lipinski definition) is 1. The van der Waals surface area contributed by atoms with E-state index < -0.39 is 0 Å². The Morgan fingerprint density at radius 3 is 2.54 bits per heavy atom. The molecule has 0 aromatic carbocycles. The average Bonchev–Trinajstić information content (AvgIpc) is 2.11. The fourth-order valence-corrected chi connectivity index (χ4v) is 0.924. The number of hydrogen-bond donors (Lipinski definition) is 0. The van der Waals surface area contributed by atoms with Crippen molar-refractivity contribution in [2.45, 2.75) is 20.3 Å². The summed E-state index contributed by atoms with van der Waals surface area (Å²) in [5.41, 5.74) is 1.03. The summed E-state index contributed by atoms with van der Waals surface area (Å²) < 4.78 is 0. The Labute approximate surface area is 84.8 Å². The van der Waals surface area contributed by atoms with E-state index in [0.717, 1.165) is 16.9 Å². The molecule has 0 spiro atoms. The van der Waals surface area contributed by atoms with Crippen LogP contribution >= 0.6 is 11.6 Å². The standard InChI is InChI=1S/C11H15ClO/c1-4-11(6-5-10(3)12)7-9(2)8-13/h4-6,8-9H,1,7H2,2-3H3/b10-5+,11-6+. The first kappa shape index (κ1) is 12.2. The third kappa shape index (κ3) is 6.35. The van der Waals surface area contributed by atoms with Crippen LogP contribution in [0.25, 0.3) is 0 Å². The number of allylic oxidation sites excluding steroid dienone is 5. The van der Waals surface area contributed by atoms with Gasteiger partial charge in [0.2, 0.25) is 0 Å². The lowest BCUT2D eigenvalue weighted by Gasteiger charge is -2.02. The van der Waals surface area contributed by atoms with Crippen LogP contribution in [0.15, 0.2) is 35.4 Å². The minimum Gasteiger partial charge on any atom is -0.303 e. The van der Waals surface area contributed by atoms with Gasteiger partial charge in [-0.1, -0.05) is 37.3 Å². The summed E-state index contributed by atoms with van der Waals surface area (Å²) in [4.78, 5) is 10.4. The topological polar surface area (TPSA) is 17.1 Å². The second kappa shape index (κ2) is 6.67. The first-order valence-corrected chi connectivity index (χ1v) is 4.58. The molecule has 0 amide bonds. The maximum Gasteiger partial charge on any atom is 0.123 e. The SMILES string of the molecule is C=C/C(=C\C=C(/C)Cl)CC(C)C=O. The maximum absolute atomic E-state index is 10.4. The predicted molar refractivity (Wildman–Crippen MR) is 57.7 cm³/mol. The molecule has 0 aliphatic rings. The van der Waals surface area contributed by atoms with Gasteiger partial charge < -0.3 is 4.79 Å². The van der Waals surface area contributed by atoms with Gasteiger partial charge in [0.15, 0.2) is 0 Å². The van der Waals surface area contributed by atoms with Gasteiger partial charge in [0, 0.05) is 11.0 Å². The molecule has 0 fully saturated rings. The lowest BCUT2D eigenvalue weighted by Crippen LogP contribution is -1.96. The molecule has 0 saturated heterocycles. The molecular weight excluding hydrogens is 184 g/mol. The number of carbonyl (C=O) groups is 1. The van der Waals surface area contributed by atoms with Crippen molar-refractivity contribution in [1.82, 2.24) is 0 Å². The van der Waals surface area contributed by atoms with Gasteiger partial charge in [-0.25, -0.2) is 0 Å². The van der Waals surface area contributed by atoms with Gasteiger partial charge in [-0.05, 0) is 25.0 Å². The Hall–Kier alpha value is -0.820. The quantitative estimate of drug-likeness (QED) is 0.489. The maximum atomic E-state index is 10.4. The van der Waals surface area contributed by atoms with Crippen molar-refractivity contribution in [1.29, 1.82) is 0 Å². The molecular formula is C11H15ClO. The first-order valence-electron chi connectivity index (χ1n) is 4.20. The second-order valence-electron chi connectivity index (χ2n) is 3.02. The third-order valence-corrected chi connectivity index (χ3v) is 1.71. The molecule has 0 N–H and O–H groups in total. The van der Waals surface area contributed by atoms with Gasteiger partial charge in [0.25, 0.3) is 0 Å². The van der Waals surface area contributed by atoms with E-state index in [1.165, 1.54) is 0 Å². The minimum absolute atomic E-state index is 0.0354. The zero-order chi connectivity index (χ0) is 10.3. The van der Waals surface area contributed by atoms with Gasteiger partial charge >= 0.3 is 0 Å². The molecule has 72 valence electrons. The van der Waals surface area contributed by atoms with E-state index in [0.29, 0.717) is 6.42 Å². The third-order valence-electron chi connectivity index (χ3n) is 1.58. The lowest BCUT2D eigenvalue weighted by molar-refractivity contribution is -0.110. The fourth-order valence-electron chi connectivity index (χ4n) is 0.861. The largest absolute Gasteiger partial charge is 0.303 e. The zero-order valence-electron chi connectivity index (χ0n) is 8.09. The van der Waals surface area contributed by atoms with Crippen molar-refractivity contribution in [3.8, 4) is 0 Å². The average molecular weight is 199 g/mol. The van der Waals surface area contributed by atoms with Crippen molar-refractivity contribution >= 4 is 17.9 Å². The van der Waals surface area contributed by atoms with Crippen LogP contribution in [-0.4, -0.2) is 6.29 Å². The summed E-state index contributed by atoms with van der Waals surface area (Å²) in [5, 5.41) is 0.720. The second-order valence-corrected chi connectivity index (χ2v) is 3.61. The number of halogens is 1. The molecule has 0 radical (unpaired) electrons. The monoisotopic (exact) mass is 198 g/mol. The molecule has 0 aromatic heterocycles. The molecule has 2 heteroatoms. The molecule has 0 bridgehead atoms. The normalized spacial score (nSPS) is 15.3. The molecule has 0 aliphatic carbocycles. The van der Waals surface area contributed by atoms with E-state index in [2.05, 4.69) is 6.58 Å². The highest BCUT2D eigenvalue weighted by Gasteiger charge is 2.00. The lowest BCUT2D eigenvalue weighted by atomic mass is 10.0. The number of carbonyl (C=O) groups excluding carboxylic acids is 1. The molecule has 1 nitrogen and oxygen atoms in total. The molecule has 0 saturated carbocycles. The molecule has 1 atom stereocenters. The van der Waals surface area contributed by atoms with Crippen molar-refractivity contribution in [2.24, 2.45) is 5.92 Å². The fraction of sp³-hybridized carbons (Fsp3) is 0.364. The molecule has 0 rings (SSSR count). The van der Waals surface area contributed by atoms with E-state index in [1.807, 2.05) is 19.9 Å². The van der Waals surface area contributed by atoms with Gasteiger partial charge in [0.05, 0.1) is 0 Å². The van der Waals surface area contributed by atoms with Crippen LogP contribution in [0, 0.1) is 5.92 Å². The number of rotatable bonds is 5. The summed E-state index contributed by atoms with van der Waals surface area (Å²) in [6.45, 7) is 7.35. The van der Waals surface area contributed by atoms with Crippen molar-refractivity contribution < 1.29 is 4.79 Å².